The van der Waals surface area contributed by atoms with Gasteiger partial charge < -0.3 is 5.32 Å². The van der Waals surface area contributed by atoms with Gasteiger partial charge in [-0.2, -0.15) is 0 Å². The second-order valence-electron chi connectivity index (χ2n) is 3.79. The van der Waals surface area contributed by atoms with Crippen molar-refractivity contribution in [2.75, 3.05) is 5.32 Å². The van der Waals surface area contributed by atoms with Crippen LogP contribution in [0.15, 0.2) is 58.2 Å². The highest BCUT2D eigenvalue weighted by atomic mass is 79.9. The van der Waals surface area contributed by atoms with Gasteiger partial charge in [-0.3, -0.25) is 0 Å². The molecule has 0 aromatic heterocycles. The average Bonchev–Trinajstić information content (AvgIpc) is 2.40. The first-order valence-corrected chi connectivity index (χ1v) is 6.30. The lowest BCUT2D eigenvalue weighted by Crippen LogP contribution is -2.01. The van der Waals surface area contributed by atoms with Crippen LogP contribution in [-0.4, -0.2) is 6.21 Å². The Hall–Kier alpha value is -1.68. The van der Waals surface area contributed by atoms with Crippen LogP contribution in [0.5, 0.6) is 0 Å². The van der Waals surface area contributed by atoms with Crippen LogP contribution >= 0.6 is 15.9 Å². The third-order valence-electron chi connectivity index (χ3n) is 2.54. The summed E-state index contributed by atoms with van der Waals surface area (Å²) in [5.74, 6) is 0. The van der Waals surface area contributed by atoms with Crippen molar-refractivity contribution in [3.8, 4) is 0 Å². The number of halogens is 2. The Kier molecular flexibility index (Phi) is 4.47. The molecule has 92 valence electrons. The van der Waals surface area contributed by atoms with E-state index >= 15 is 0 Å². The molecule has 0 aliphatic carbocycles. The smallest absolute Gasteiger partial charge is 0.0692 e. The highest BCUT2D eigenvalue weighted by Crippen LogP contribution is 2.16. The Morgan fingerprint density at radius 2 is 1.83 bits per heavy atom. The number of benzene rings is 2. The van der Waals surface area contributed by atoms with Gasteiger partial charge in [-0.05, 0) is 23.8 Å². The van der Waals surface area contributed by atoms with E-state index in [9.17, 15) is 4.48 Å². The first kappa shape index (κ1) is 12.8. The molecule has 4 heteroatoms. The summed E-state index contributed by atoms with van der Waals surface area (Å²) in [6, 6.07) is 15.5. The number of para-hydroxylation sites is 1. The van der Waals surface area contributed by atoms with Gasteiger partial charge in [0.1, 0.15) is 0 Å². The van der Waals surface area contributed by atoms with Crippen LogP contribution in [0.4, 0.5) is 10.2 Å². The zero-order valence-electron chi connectivity index (χ0n) is 9.61. The molecule has 0 aliphatic rings. The zero-order valence-corrected chi connectivity index (χ0v) is 11.2. The standard InChI is InChI=1S/C14H12BrFN2/c15-13-7-5-11(6-8-13)9-17-14-4-2-1-3-12(14)10-18-16/h1-8,10,17H,9H2/b18-10+. The minimum absolute atomic E-state index is 0.685. The highest BCUT2D eigenvalue weighted by Gasteiger charge is 1.99. The quantitative estimate of drug-likeness (QED) is 0.834. The van der Waals surface area contributed by atoms with Gasteiger partial charge in [0, 0.05) is 22.3 Å². The second-order valence-corrected chi connectivity index (χ2v) is 4.71. The summed E-state index contributed by atoms with van der Waals surface area (Å²) in [6.07, 6.45) is 1.20. The molecular formula is C14H12BrFN2. The number of nitrogens with one attached hydrogen (secondary N) is 1. The van der Waals surface area contributed by atoms with E-state index in [1.165, 1.54) is 6.21 Å². The summed E-state index contributed by atoms with van der Waals surface area (Å²) in [6.45, 7) is 0.685. The fraction of sp³-hybridized carbons (Fsp3) is 0.0714. The minimum atomic E-state index is 0.685. The maximum atomic E-state index is 12.0. The molecule has 0 atom stereocenters. The molecule has 0 saturated carbocycles. The third kappa shape index (κ3) is 3.40. The van der Waals surface area contributed by atoms with E-state index in [1.54, 1.807) is 0 Å². The van der Waals surface area contributed by atoms with Gasteiger partial charge in [0.05, 0.1) is 6.21 Å². The largest absolute Gasteiger partial charge is 0.380 e. The van der Waals surface area contributed by atoms with Crippen molar-refractivity contribution in [1.29, 1.82) is 0 Å². The second kappa shape index (κ2) is 6.31. The average molecular weight is 307 g/mol. The third-order valence-corrected chi connectivity index (χ3v) is 3.07. The summed E-state index contributed by atoms with van der Waals surface area (Å²) < 4.78 is 13.1. The monoisotopic (exact) mass is 306 g/mol. The Bertz CT molecular complexity index is 538. The number of hydrogen-bond acceptors (Lipinski definition) is 2. The molecule has 0 fully saturated rings. The van der Waals surface area contributed by atoms with Gasteiger partial charge in [-0.1, -0.05) is 56.0 Å². The van der Waals surface area contributed by atoms with Crippen LogP contribution < -0.4 is 5.32 Å². The van der Waals surface area contributed by atoms with Crippen molar-refractivity contribution in [3.05, 3.63) is 64.1 Å². The topological polar surface area (TPSA) is 24.4 Å². The maximum Gasteiger partial charge on any atom is 0.0692 e. The Labute approximate surface area is 114 Å². The van der Waals surface area contributed by atoms with Gasteiger partial charge in [-0.25, -0.2) is 0 Å². The molecule has 2 rings (SSSR count). The lowest BCUT2D eigenvalue weighted by Gasteiger charge is -2.09. The predicted molar refractivity (Wildman–Crippen MR) is 76.6 cm³/mol. The molecule has 2 nitrogen and oxygen atoms in total. The number of rotatable bonds is 4. The van der Waals surface area contributed by atoms with E-state index in [2.05, 4.69) is 26.5 Å². The zero-order chi connectivity index (χ0) is 12.8. The van der Waals surface area contributed by atoms with E-state index in [1.807, 2.05) is 48.5 Å². The fourth-order valence-corrected chi connectivity index (χ4v) is 1.89. The summed E-state index contributed by atoms with van der Waals surface area (Å²) in [5.41, 5.74) is 2.75. The maximum absolute atomic E-state index is 12.0. The Morgan fingerprint density at radius 1 is 1.11 bits per heavy atom. The van der Waals surface area contributed by atoms with Crippen LogP contribution in [-0.2, 0) is 6.54 Å². The molecule has 18 heavy (non-hydrogen) atoms. The molecule has 0 bridgehead atoms. The van der Waals surface area contributed by atoms with E-state index in [0.29, 0.717) is 6.54 Å². The van der Waals surface area contributed by atoms with Gasteiger partial charge in [0.2, 0.25) is 0 Å². The SMILES string of the molecule is F/N=C/c1ccccc1NCc1ccc(Br)cc1. The van der Waals surface area contributed by atoms with Gasteiger partial charge >= 0.3 is 0 Å². The van der Waals surface area contributed by atoms with Crippen molar-refractivity contribution >= 4 is 27.8 Å². The van der Waals surface area contributed by atoms with Crippen molar-refractivity contribution in [3.63, 3.8) is 0 Å². The van der Waals surface area contributed by atoms with Crippen LogP contribution in [0.3, 0.4) is 0 Å². The normalized spacial score (nSPS) is 10.8. The van der Waals surface area contributed by atoms with Crippen molar-refractivity contribution in [2.45, 2.75) is 6.54 Å². The number of anilines is 1. The van der Waals surface area contributed by atoms with E-state index in [-0.39, 0.29) is 0 Å². The molecule has 0 aliphatic heterocycles. The Balaban J connectivity index is 2.08. The summed E-state index contributed by atoms with van der Waals surface area (Å²) >= 11 is 3.39. The first-order chi connectivity index (χ1) is 8.79. The Morgan fingerprint density at radius 3 is 2.56 bits per heavy atom. The minimum Gasteiger partial charge on any atom is -0.380 e. The molecule has 0 spiro atoms. The molecule has 1 N–H and O–H groups in total. The molecule has 0 saturated heterocycles. The van der Waals surface area contributed by atoms with E-state index in [0.717, 1.165) is 21.3 Å². The fourth-order valence-electron chi connectivity index (χ4n) is 1.62. The number of nitrogens with zero attached hydrogens (tertiary/aromatic N) is 1. The lowest BCUT2D eigenvalue weighted by molar-refractivity contribution is 0.541. The lowest BCUT2D eigenvalue weighted by atomic mass is 10.1. The van der Waals surface area contributed by atoms with E-state index in [4.69, 9.17) is 0 Å². The molecule has 0 unspecified atom stereocenters. The van der Waals surface area contributed by atoms with Crippen LogP contribution in [0.1, 0.15) is 11.1 Å². The van der Waals surface area contributed by atoms with Gasteiger partial charge in [-0.15, -0.1) is 0 Å². The van der Waals surface area contributed by atoms with Crippen molar-refractivity contribution < 1.29 is 4.48 Å². The molecule has 0 heterocycles. The highest BCUT2D eigenvalue weighted by molar-refractivity contribution is 9.10. The van der Waals surface area contributed by atoms with Crippen LogP contribution in [0.25, 0.3) is 0 Å². The first-order valence-electron chi connectivity index (χ1n) is 5.51. The predicted octanol–water partition coefficient (Wildman–Crippen LogP) is 4.36. The molecule has 2 aromatic carbocycles. The van der Waals surface area contributed by atoms with Gasteiger partial charge in [0.25, 0.3) is 0 Å². The summed E-state index contributed by atoms with van der Waals surface area (Å²) in [5, 5.41) is 5.82. The summed E-state index contributed by atoms with van der Waals surface area (Å²) in [7, 11) is 0. The van der Waals surface area contributed by atoms with Crippen LogP contribution in [0, 0.1) is 0 Å². The van der Waals surface area contributed by atoms with Crippen LogP contribution in [0.2, 0.25) is 0 Å². The molecule has 0 radical (unpaired) electrons. The van der Waals surface area contributed by atoms with E-state index < -0.39 is 0 Å². The van der Waals surface area contributed by atoms with Gasteiger partial charge in [0.15, 0.2) is 0 Å². The molecular weight excluding hydrogens is 295 g/mol. The molecule has 0 amide bonds. The van der Waals surface area contributed by atoms with Crippen molar-refractivity contribution in [2.24, 2.45) is 5.21 Å². The molecule has 2 aromatic rings. The summed E-state index contributed by atoms with van der Waals surface area (Å²) in [4.78, 5) is 0. The van der Waals surface area contributed by atoms with Crippen molar-refractivity contribution in [1.82, 2.24) is 0 Å². The number of hydrogen-bond donors (Lipinski definition) is 1.